The lowest BCUT2D eigenvalue weighted by atomic mass is 10.1. The molecule has 0 aliphatic carbocycles. The van der Waals surface area contributed by atoms with E-state index in [1.54, 1.807) is 32.0 Å². The number of hydrogen-bond donors (Lipinski definition) is 2. The van der Waals surface area contributed by atoms with Gasteiger partial charge in [0.25, 0.3) is 11.8 Å². The van der Waals surface area contributed by atoms with Crippen molar-refractivity contribution < 1.29 is 23.5 Å². The Bertz CT molecular complexity index is 1210. The van der Waals surface area contributed by atoms with E-state index in [0.717, 1.165) is 17.4 Å². The molecule has 0 saturated heterocycles. The summed E-state index contributed by atoms with van der Waals surface area (Å²) < 4.78 is 19.1. The van der Waals surface area contributed by atoms with Gasteiger partial charge in [-0.1, -0.05) is 41.4 Å². The zero-order valence-corrected chi connectivity index (χ0v) is 19.3. The van der Waals surface area contributed by atoms with E-state index in [0.29, 0.717) is 5.56 Å². The Balaban J connectivity index is 1.98. The molecular weight excluding hydrogens is 478 g/mol. The van der Waals surface area contributed by atoms with Crippen molar-refractivity contribution in [1.29, 1.82) is 0 Å². The Morgan fingerprint density at radius 1 is 1.03 bits per heavy atom. The third-order valence-electron chi connectivity index (χ3n) is 4.38. The number of carbonyl (C=O) groups excluding carboxylic acids is 3. The first-order valence-electron chi connectivity index (χ1n) is 9.36. The largest absolute Gasteiger partial charge is 0.462 e. The second-order valence-corrected chi connectivity index (χ2v) is 8.28. The zero-order valence-electron chi connectivity index (χ0n) is 16.9. The molecule has 0 saturated carbocycles. The number of anilines is 2. The van der Waals surface area contributed by atoms with E-state index >= 15 is 0 Å². The van der Waals surface area contributed by atoms with Crippen LogP contribution in [0.5, 0.6) is 0 Å². The third-order valence-corrected chi connectivity index (χ3v) is 6.40. The molecule has 6 nitrogen and oxygen atoms in total. The van der Waals surface area contributed by atoms with Crippen LogP contribution in [-0.2, 0) is 4.74 Å². The summed E-state index contributed by atoms with van der Waals surface area (Å²) in [7, 11) is 0. The quantitative estimate of drug-likeness (QED) is 0.400. The van der Waals surface area contributed by atoms with Crippen molar-refractivity contribution in [2.24, 2.45) is 0 Å². The Hall–Kier alpha value is -2.94. The molecule has 32 heavy (non-hydrogen) atoms. The van der Waals surface area contributed by atoms with Gasteiger partial charge in [-0.2, -0.15) is 0 Å². The van der Waals surface area contributed by atoms with Crippen LogP contribution in [0.25, 0.3) is 0 Å². The minimum Gasteiger partial charge on any atom is -0.462 e. The van der Waals surface area contributed by atoms with Gasteiger partial charge in [0.15, 0.2) is 0 Å². The number of carbonyl (C=O) groups is 3. The standard InChI is InChI=1S/C22H17Cl2FN2O4S/c1-3-31-22(30)16-11(2)18(20(29)26-15-10-6-8-13(23)17(15)24)32-21(16)27-19(28)12-7-4-5-9-14(12)25/h4-10H,3H2,1-2H3,(H,26,29)(H,27,28). The van der Waals surface area contributed by atoms with Crippen molar-refractivity contribution in [2.75, 3.05) is 17.2 Å². The minimum atomic E-state index is -0.764. The summed E-state index contributed by atoms with van der Waals surface area (Å²) in [4.78, 5) is 38.2. The van der Waals surface area contributed by atoms with Crippen molar-refractivity contribution in [3.05, 3.63) is 79.9 Å². The van der Waals surface area contributed by atoms with Crippen LogP contribution in [-0.4, -0.2) is 24.4 Å². The number of thiophene rings is 1. The number of benzene rings is 2. The van der Waals surface area contributed by atoms with E-state index in [4.69, 9.17) is 27.9 Å². The summed E-state index contributed by atoms with van der Waals surface area (Å²) in [6, 6.07) is 10.2. The highest BCUT2D eigenvalue weighted by molar-refractivity contribution is 7.19. The van der Waals surface area contributed by atoms with Gasteiger partial charge in [-0.15, -0.1) is 11.3 Å². The van der Waals surface area contributed by atoms with Gasteiger partial charge < -0.3 is 15.4 Å². The summed E-state index contributed by atoms with van der Waals surface area (Å²) in [6.07, 6.45) is 0. The molecule has 0 aliphatic rings. The Morgan fingerprint density at radius 3 is 2.44 bits per heavy atom. The molecule has 2 N–H and O–H groups in total. The normalized spacial score (nSPS) is 10.5. The summed E-state index contributed by atoms with van der Waals surface area (Å²) >= 11 is 13.0. The van der Waals surface area contributed by atoms with E-state index in [2.05, 4.69) is 10.6 Å². The molecule has 0 fully saturated rings. The molecule has 0 bridgehead atoms. The predicted molar refractivity (Wildman–Crippen MR) is 124 cm³/mol. The van der Waals surface area contributed by atoms with Crippen molar-refractivity contribution in [3.63, 3.8) is 0 Å². The zero-order chi connectivity index (χ0) is 23.4. The number of rotatable bonds is 6. The van der Waals surface area contributed by atoms with Crippen molar-refractivity contribution in [1.82, 2.24) is 0 Å². The van der Waals surface area contributed by atoms with E-state index < -0.39 is 23.6 Å². The fraction of sp³-hybridized carbons (Fsp3) is 0.136. The van der Waals surface area contributed by atoms with Crippen LogP contribution in [0.1, 0.15) is 42.9 Å². The highest BCUT2D eigenvalue weighted by Crippen LogP contribution is 2.36. The lowest BCUT2D eigenvalue weighted by Gasteiger charge is -2.08. The second-order valence-electron chi connectivity index (χ2n) is 6.47. The Morgan fingerprint density at radius 2 is 1.75 bits per heavy atom. The average Bonchev–Trinajstić information content (AvgIpc) is 3.07. The maximum atomic E-state index is 14.0. The number of ether oxygens (including phenoxy) is 1. The first-order chi connectivity index (χ1) is 15.2. The van der Waals surface area contributed by atoms with Gasteiger partial charge in [0.05, 0.1) is 38.3 Å². The van der Waals surface area contributed by atoms with Crippen LogP contribution < -0.4 is 10.6 Å². The van der Waals surface area contributed by atoms with Crippen molar-refractivity contribution >= 4 is 63.0 Å². The molecule has 2 aromatic carbocycles. The molecule has 2 amide bonds. The molecular formula is C22H17Cl2FN2O4S. The molecule has 3 aromatic rings. The number of hydrogen-bond acceptors (Lipinski definition) is 5. The van der Waals surface area contributed by atoms with E-state index in [-0.39, 0.29) is 43.3 Å². The average molecular weight is 495 g/mol. The summed E-state index contributed by atoms with van der Waals surface area (Å²) in [5.74, 6) is -2.76. The molecule has 0 atom stereocenters. The van der Waals surface area contributed by atoms with Crippen LogP contribution >= 0.6 is 34.5 Å². The number of amides is 2. The second kappa shape index (κ2) is 10.1. The third kappa shape index (κ3) is 4.93. The minimum absolute atomic E-state index is 0.0175. The molecule has 0 radical (unpaired) electrons. The molecule has 0 spiro atoms. The van der Waals surface area contributed by atoms with E-state index in [1.807, 2.05) is 0 Å². The summed E-state index contributed by atoms with van der Waals surface area (Å²) in [5, 5.41) is 5.65. The molecule has 166 valence electrons. The molecule has 10 heteroatoms. The Labute approximate surface area is 197 Å². The molecule has 1 aromatic heterocycles. The first kappa shape index (κ1) is 23.7. The van der Waals surface area contributed by atoms with E-state index in [1.165, 1.54) is 18.2 Å². The maximum Gasteiger partial charge on any atom is 0.341 e. The van der Waals surface area contributed by atoms with Crippen LogP contribution in [0.4, 0.5) is 15.1 Å². The highest BCUT2D eigenvalue weighted by atomic mass is 35.5. The first-order valence-corrected chi connectivity index (χ1v) is 10.9. The molecule has 1 heterocycles. The van der Waals surface area contributed by atoms with Gasteiger partial charge in [0.2, 0.25) is 0 Å². The van der Waals surface area contributed by atoms with Crippen molar-refractivity contribution in [2.45, 2.75) is 13.8 Å². The van der Waals surface area contributed by atoms with E-state index in [9.17, 15) is 18.8 Å². The predicted octanol–water partition coefficient (Wildman–Crippen LogP) is 6.18. The SMILES string of the molecule is CCOC(=O)c1c(NC(=O)c2ccccc2F)sc(C(=O)Nc2cccc(Cl)c2Cl)c1C. The Kier molecular flexibility index (Phi) is 7.50. The lowest BCUT2D eigenvalue weighted by Crippen LogP contribution is -2.16. The van der Waals surface area contributed by atoms with Gasteiger partial charge in [0, 0.05) is 0 Å². The smallest absolute Gasteiger partial charge is 0.341 e. The monoisotopic (exact) mass is 494 g/mol. The highest BCUT2D eigenvalue weighted by Gasteiger charge is 2.27. The fourth-order valence-electron chi connectivity index (χ4n) is 2.86. The number of nitrogens with one attached hydrogen (secondary N) is 2. The maximum absolute atomic E-state index is 14.0. The van der Waals surface area contributed by atoms with Crippen LogP contribution in [0.3, 0.4) is 0 Å². The fourth-order valence-corrected chi connectivity index (χ4v) is 4.30. The van der Waals surface area contributed by atoms with Gasteiger partial charge in [-0.05, 0) is 43.7 Å². The van der Waals surface area contributed by atoms with Crippen molar-refractivity contribution in [3.8, 4) is 0 Å². The van der Waals surface area contributed by atoms with Gasteiger partial charge in [0.1, 0.15) is 10.8 Å². The van der Waals surface area contributed by atoms with Crippen LogP contribution in [0.15, 0.2) is 42.5 Å². The molecule has 0 aliphatic heterocycles. The van der Waals surface area contributed by atoms with Gasteiger partial charge in [-0.25, -0.2) is 9.18 Å². The molecule has 0 unspecified atom stereocenters. The number of halogens is 3. The van der Waals surface area contributed by atoms with Gasteiger partial charge >= 0.3 is 5.97 Å². The lowest BCUT2D eigenvalue weighted by molar-refractivity contribution is 0.0527. The van der Waals surface area contributed by atoms with Crippen LogP contribution in [0, 0.1) is 12.7 Å². The number of esters is 1. The summed E-state index contributed by atoms with van der Waals surface area (Å²) in [5.41, 5.74) is 0.397. The molecule has 3 rings (SSSR count). The summed E-state index contributed by atoms with van der Waals surface area (Å²) in [6.45, 7) is 3.27. The van der Waals surface area contributed by atoms with Gasteiger partial charge in [-0.3, -0.25) is 9.59 Å². The van der Waals surface area contributed by atoms with Crippen LogP contribution in [0.2, 0.25) is 10.0 Å². The topological polar surface area (TPSA) is 84.5 Å².